The van der Waals surface area contributed by atoms with Crippen molar-refractivity contribution < 1.29 is 18.3 Å². The molecule has 2 aromatic heterocycles. The smallest absolute Gasteiger partial charge is 0.394 e. The molecule has 0 fully saturated rings. The SMILES string of the molecule is CCCCNC1=C2NC(C(F)(F)F)=CC=C2N(CCC[C@@H](CO)Nc2nc(N)nc3ccc(C)nc23)C(N)=N1. The molecular weight excluding hydrogens is 513 g/mol. The van der Waals surface area contributed by atoms with Crippen molar-refractivity contribution in [1.82, 2.24) is 30.5 Å². The van der Waals surface area contributed by atoms with Crippen LogP contribution in [-0.4, -0.2) is 62.8 Å². The molecule has 0 bridgehead atoms. The number of aliphatic hydroxyl groups is 1. The van der Waals surface area contributed by atoms with Gasteiger partial charge in [-0.2, -0.15) is 23.1 Å². The highest BCUT2D eigenvalue weighted by molar-refractivity contribution is 5.86. The monoisotopic (exact) mass is 546 g/mol. The number of aliphatic imine (C=N–C) groups is 1. The Kier molecular flexibility index (Phi) is 8.43. The van der Waals surface area contributed by atoms with E-state index >= 15 is 0 Å². The predicted octanol–water partition coefficient (Wildman–Crippen LogP) is 2.59. The van der Waals surface area contributed by atoms with Crippen molar-refractivity contribution in [2.75, 3.05) is 30.7 Å². The summed E-state index contributed by atoms with van der Waals surface area (Å²) in [5.41, 5.74) is 13.8. The number of allylic oxidation sites excluding steroid dienone is 3. The van der Waals surface area contributed by atoms with Crippen LogP contribution in [-0.2, 0) is 0 Å². The Morgan fingerprint density at radius 1 is 1.13 bits per heavy atom. The third-order valence-electron chi connectivity index (χ3n) is 6.28. The number of halogens is 3. The largest absolute Gasteiger partial charge is 0.431 e. The maximum absolute atomic E-state index is 13.4. The van der Waals surface area contributed by atoms with Crippen LogP contribution in [0, 0.1) is 6.92 Å². The van der Waals surface area contributed by atoms with Gasteiger partial charge in [0.2, 0.25) is 11.9 Å². The summed E-state index contributed by atoms with van der Waals surface area (Å²) < 4.78 is 40.3. The number of unbranched alkanes of at least 4 members (excludes halogenated alkanes) is 1. The number of rotatable bonds is 11. The summed E-state index contributed by atoms with van der Waals surface area (Å²) in [6, 6.07) is 3.22. The first-order valence-corrected chi connectivity index (χ1v) is 12.8. The van der Waals surface area contributed by atoms with E-state index in [2.05, 4.69) is 35.9 Å². The van der Waals surface area contributed by atoms with Gasteiger partial charge in [-0.15, -0.1) is 0 Å². The predicted molar refractivity (Wildman–Crippen MR) is 144 cm³/mol. The standard InChI is InChI=1S/C25H33F3N10O/c1-3-4-11-31-21-20-17(9-10-18(35-20)25(26,27)28)38(24(30)37-21)12-5-6-15(13-39)33-22-19-16(34-23(29)36-22)8-7-14(2)32-19/h7-10,15,31,35,39H,3-6,11-13H2,1-2H3,(H2,30,37)(H3,29,33,34,36)/t15-/m0/s1. The molecule has 0 unspecified atom stereocenters. The minimum Gasteiger partial charge on any atom is -0.394 e. The number of aliphatic hydroxyl groups excluding tert-OH is 1. The van der Waals surface area contributed by atoms with E-state index < -0.39 is 17.9 Å². The van der Waals surface area contributed by atoms with Crippen LogP contribution in [0.5, 0.6) is 0 Å². The Balaban J connectivity index is 1.49. The molecule has 1 atom stereocenters. The normalized spacial score (nSPS) is 16.3. The van der Waals surface area contributed by atoms with Crippen LogP contribution in [0.15, 0.2) is 52.2 Å². The molecule has 0 saturated heterocycles. The van der Waals surface area contributed by atoms with Crippen molar-refractivity contribution in [2.24, 2.45) is 10.7 Å². The second kappa shape index (κ2) is 11.8. The Bertz CT molecular complexity index is 1340. The second-order valence-corrected chi connectivity index (χ2v) is 9.30. The van der Waals surface area contributed by atoms with Gasteiger partial charge in [0, 0.05) is 18.8 Å². The molecule has 14 heteroatoms. The Labute approximate surface area is 224 Å². The summed E-state index contributed by atoms with van der Waals surface area (Å²) in [6.07, 6.45) is 0.603. The van der Waals surface area contributed by atoms with Gasteiger partial charge in [-0.3, -0.25) is 0 Å². The highest BCUT2D eigenvalue weighted by Crippen LogP contribution is 2.32. The average Bonchev–Trinajstić information content (AvgIpc) is 2.89. The maximum Gasteiger partial charge on any atom is 0.431 e. The number of alkyl halides is 3. The molecule has 4 heterocycles. The molecule has 2 aliphatic heterocycles. The average molecular weight is 547 g/mol. The second-order valence-electron chi connectivity index (χ2n) is 9.30. The summed E-state index contributed by atoms with van der Waals surface area (Å²) in [5.74, 6) is 0.924. The number of nitrogens with one attached hydrogen (secondary N) is 3. The van der Waals surface area contributed by atoms with Gasteiger partial charge in [-0.05, 0) is 50.5 Å². The van der Waals surface area contributed by atoms with Gasteiger partial charge in [0.15, 0.2) is 11.6 Å². The molecule has 0 saturated carbocycles. The third-order valence-corrected chi connectivity index (χ3v) is 6.28. The van der Waals surface area contributed by atoms with E-state index in [1.54, 1.807) is 11.0 Å². The molecule has 0 aliphatic carbocycles. The lowest BCUT2D eigenvalue weighted by atomic mass is 10.1. The number of nitrogen functional groups attached to an aromatic ring is 1. The fourth-order valence-electron chi connectivity index (χ4n) is 4.29. The summed E-state index contributed by atoms with van der Waals surface area (Å²) in [7, 11) is 0. The number of nitrogens with two attached hydrogens (primary N) is 2. The van der Waals surface area contributed by atoms with E-state index in [0.29, 0.717) is 48.5 Å². The quantitative estimate of drug-likeness (QED) is 0.231. The molecule has 0 radical (unpaired) electrons. The van der Waals surface area contributed by atoms with Crippen LogP contribution in [0.2, 0.25) is 0 Å². The van der Waals surface area contributed by atoms with Gasteiger partial charge >= 0.3 is 6.18 Å². The molecule has 2 aliphatic rings. The summed E-state index contributed by atoms with van der Waals surface area (Å²) in [5, 5.41) is 18.8. The third kappa shape index (κ3) is 6.50. The van der Waals surface area contributed by atoms with E-state index in [9.17, 15) is 18.3 Å². The highest BCUT2D eigenvalue weighted by atomic mass is 19.4. The first-order chi connectivity index (χ1) is 18.6. The van der Waals surface area contributed by atoms with Crippen molar-refractivity contribution in [3.8, 4) is 0 Å². The van der Waals surface area contributed by atoms with E-state index in [0.717, 1.165) is 24.6 Å². The zero-order chi connectivity index (χ0) is 28.2. The van der Waals surface area contributed by atoms with Crippen LogP contribution >= 0.6 is 0 Å². The number of aromatic nitrogens is 3. The van der Waals surface area contributed by atoms with Crippen LogP contribution in [0.3, 0.4) is 0 Å². The van der Waals surface area contributed by atoms with Crippen molar-refractivity contribution >= 4 is 28.8 Å². The van der Waals surface area contributed by atoms with E-state index in [4.69, 9.17) is 11.5 Å². The summed E-state index contributed by atoms with van der Waals surface area (Å²) >= 11 is 0. The Morgan fingerprint density at radius 2 is 1.92 bits per heavy atom. The number of anilines is 2. The van der Waals surface area contributed by atoms with Crippen molar-refractivity contribution in [2.45, 2.75) is 51.7 Å². The number of fused-ring (bicyclic) bond motifs is 2. The van der Waals surface area contributed by atoms with Crippen molar-refractivity contribution in [3.63, 3.8) is 0 Å². The molecule has 4 rings (SSSR count). The number of dihydropyridines is 1. The first kappa shape index (κ1) is 28.0. The van der Waals surface area contributed by atoms with Crippen LogP contribution in [0.25, 0.3) is 11.0 Å². The lowest BCUT2D eigenvalue weighted by molar-refractivity contribution is -0.0959. The summed E-state index contributed by atoms with van der Waals surface area (Å²) in [4.78, 5) is 19.0. The molecule has 210 valence electrons. The van der Waals surface area contributed by atoms with Gasteiger partial charge in [0.05, 0.1) is 23.9 Å². The topological polar surface area (TPSA) is 163 Å². The lowest BCUT2D eigenvalue weighted by Crippen LogP contribution is -2.46. The highest BCUT2D eigenvalue weighted by Gasteiger charge is 2.38. The number of hydrogen-bond acceptors (Lipinski definition) is 11. The van der Waals surface area contributed by atoms with Crippen molar-refractivity contribution in [3.05, 3.63) is 52.9 Å². The molecule has 11 nitrogen and oxygen atoms in total. The minimum atomic E-state index is -4.54. The summed E-state index contributed by atoms with van der Waals surface area (Å²) in [6.45, 7) is 4.57. The molecule has 8 N–H and O–H groups in total. The van der Waals surface area contributed by atoms with E-state index in [1.165, 1.54) is 6.08 Å². The molecule has 2 aromatic rings. The zero-order valence-electron chi connectivity index (χ0n) is 21.8. The van der Waals surface area contributed by atoms with Gasteiger partial charge in [-0.25, -0.2) is 9.97 Å². The fourth-order valence-corrected chi connectivity index (χ4v) is 4.29. The zero-order valence-corrected chi connectivity index (χ0v) is 21.8. The van der Waals surface area contributed by atoms with Crippen LogP contribution in [0.1, 0.15) is 38.3 Å². The number of hydrogen-bond donors (Lipinski definition) is 6. The fraction of sp³-hybridized carbons (Fsp3) is 0.440. The molecule has 0 amide bonds. The number of aryl methyl sites for hydroxylation is 1. The Morgan fingerprint density at radius 3 is 2.64 bits per heavy atom. The van der Waals surface area contributed by atoms with Crippen LogP contribution in [0.4, 0.5) is 24.9 Å². The number of nitrogens with zero attached hydrogens (tertiary/aromatic N) is 5. The number of pyridine rings is 1. The molecule has 39 heavy (non-hydrogen) atoms. The molecular formula is C25H33F3N10O. The molecule has 0 aromatic carbocycles. The van der Waals surface area contributed by atoms with E-state index in [-0.39, 0.29) is 30.0 Å². The van der Waals surface area contributed by atoms with Gasteiger partial charge in [0.1, 0.15) is 16.9 Å². The van der Waals surface area contributed by atoms with Gasteiger partial charge < -0.3 is 37.4 Å². The number of guanidine groups is 1. The van der Waals surface area contributed by atoms with Gasteiger partial charge in [-0.1, -0.05) is 13.3 Å². The lowest BCUT2D eigenvalue weighted by Gasteiger charge is -2.35. The molecule has 0 spiro atoms. The minimum absolute atomic E-state index is 0.0790. The van der Waals surface area contributed by atoms with E-state index in [1.807, 2.05) is 19.9 Å². The maximum atomic E-state index is 13.4. The van der Waals surface area contributed by atoms with Crippen LogP contribution < -0.4 is 27.4 Å². The first-order valence-electron chi connectivity index (χ1n) is 12.8. The van der Waals surface area contributed by atoms with Crippen molar-refractivity contribution in [1.29, 1.82) is 0 Å². The van der Waals surface area contributed by atoms with Gasteiger partial charge in [0.25, 0.3) is 0 Å². The Hall–Kier alpha value is -4.07.